The topological polar surface area (TPSA) is 17.1 Å². The Kier molecular flexibility index (Phi) is 3.28. The molecule has 0 aliphatic rings. The third kappa shape index (κ3) is 2.01. The normalized spacial score (nSPS) is 10.2. The second kappa shape index (κ2) is 4.07. The minimum Gasteiger partial charge on any atom is -0.294 e. The van der Waals surface area contributed by atoms with Crippen LogP contribution in [-0.2, 0) is 0 Å². The van der Waals surface area contributed by atoms with E-state index in [2.05, 4.69) is 0 Å². The van der Waals surface area contributed by atoms with Crippen LogP contribution >= 0.6 is 23.2 Å². The Morgan fingerprint density at radius 3 is 2.46 bits per heavy atom. The lowest BCUT2D eigenvalue weighted by Crippen LogP contribution is -2.02. The van der Waals surface area contributed by atoms with Crippen molar-refractivity contribution in [2.45, 2.75) is 13.3 Å². The Hall–Kier alpha value is -0.600. The van der Waals surface area contributed by atoms with Gasteiger partial charge < -0.3 is 0 Å². The summed E-state index contributed by atoms with van der Waals surface area (Å²) < 4.78 is 13.3. The standard InChI is InChI=1S/C9H7Cl2FO/c1-2-7(13)8-5(10)3-4-6(11)9(8)12/h3-4H,2H2,1H3. The molecule has 1 rings (SSSR count). The number of benzene rings is 1. The van der Waals surface area contributed by atoms with E-state index in [0.29, 0.717) is 0 Å². The van der Waals surface area contributed by atoms with Crippen molar-refractivity contribution in [3.63, 3.8) is 0 Å². The van der Waals surface area contributed by atoms with Crippen molar-refractivity contribution in [3.05, 3.63) is 33.6 Å². The van der Waals surface area contributed by atoms with Gasteiger partial charge in [-0.1, -0.05) is 30.1 Å². The van der Waals surface area contributed by atoms with Crippen molar-refractivity contribution in [2.75, 3.05) is 0 Å². The largest absolute Gasteiger partial charge is 0.294 e. The summed E-state index contributed by atoms with van der Waals surface area (Å²) in [4.78, 5) is 11.2. The summed E-state index contributed by atoms with van der Waals surface area (Å²) >= 11 is 11.2. The molecule has 0 unspecified atom stereocenters. The summed E-state index contributed by atoms with van der Waals surface area (Å²) in [6.07, 6.45) is 0.205. The van der Waals surface area contributed by atoms with Crippen LogP contribution < -0.4 is 0 Å². The van der Waals surface area contributed by atoms with Crippen LogP contribution in [0.5, 0.6) is 0 Å². The van der Waals surface area contributed by atoms with Gasteiger partial charge in [-0.25, -0.2) is 4.39 Å². The van der Waals surface area contributed by atoms with Gasteiger partial charge in [-0.05, 0) is 12.1 Å². The quantitative estimate of drug-likeness (QED) is 0.549. The van der Waals surface area contributed by atoms with Crippen molar-refractivity contribution in [2.24, 2.45) is 0 Å². The minimum absolute atomic E-state index is 0.0822. The van der Waals surface area contributed by atoms with Crippen LogP contribution in [-0.4, -0.2) is 5.78 Å². The third-order valence-corrected chi connectivity index (χ3v) is 2.25. The Balaban J connectivity index is 3.33. The van der Waals surface area contributed by atoms with Crippen LogP contribution in [0.4, 0.5) is 4.39 Å². The molecule has 0 atom stereocenters. The number of hydrogen-bond acceptors (Lipinski definition) is 1. The van der Waals surface area contributed by atoms with Gasteiger partial charge in [-0.3, -0.25) is 4.79 Å². The molecule has 0 aliphatic carbocycles. The molecule has 0 amide bonds. The van der Waals surface area contributed by atoms with E-state index < -0.39 is 5.82 Å². The SMILES string of the molecule is CCC(=O)c1c(Cl)ccc(Cl)c1F. The summed E-state index contributed by atoms with van der Waals surface area (Å²) in [6, 6.07) is 2.74. The molecular weight excluding hydrogens is 214 g/mol. The van der Waals surface area contributed by atoms with Gasteiger partial charge in [0.1, 0.15) is 0 Å². The molecule has 1 aromatic carbocycles. The molecule has 4 heteroatoms. The van der Waals surface area contributed by atoms with Crippen LogP contribution in [0.3, 0.4) is 0 Å². The van der Waals surface area contributed by atoms with E-state index >= 15 is 0 Å². The minimum atomic E-state index is -0.735. The first-order chi connectivity index (χ1) is 6.07. The van der Waals surface area contributed by atoms with Crippen molar-refractivity contribution >= 4 is 29.0 Å². The number of carbonyl (C=O) groups is 1. The van der Waals surface area contributed by atoms with Gasteiger partial charge in [0, 0.05) is 6.42 Å². The van der Waals surface area contributed by atoms with Crippen LogP contribution in [0, 0.1) is 5.82 Å². The first kappa shape index (κ1) is 10.5. The highest BCUT2D eigenvalue weighted by molar-refractivity contribution is 6.36. The lowest BCUT2D eigenvalue weighted by Gasteiger charge is -2.04. The highest BCUT2D eigenvalue weighted by Crippen LogP contribution is 2.26. The Labute approximate surface area is 85.5 Å². The molecule has 0 aliphatic heterocycles. The number of rotatable bonds is 2. The molecule has 13 heavy (non-hydrogen) atoms. The van der Waals surface area contributed by atoms with Crippen molar-refractivity contribution in [1.82, 2.24) is 0 Å². The maximum Gasteiger partial charge on any atom is 0.167 e. The first-order valence-corrected chi connectivity index (χ1v) is 4.50. The first-order valence-electron chi connectivity index (χ1n) is 3.74. The average Bonchev–Trinajstić information content (AvgIpc) is 2.12. The lowest BCUT2D eigenvalue weighted by molar-refractivity contribution is 0.0984. The van der Waals surface area contributed by atoms with Gasteiger partial charge in [0.05, 0.1) is 15.6 Å². The fourth-order valence-electron chi connectivity index (χ4n) is 0.959. The predicted octanol–water partition coefficient (Wildman–Crippen LogP) is 3.73. The van der Waals surface area contributed by atoms with Gasteiger partial charge in [-0.15, -0.1) is 0 Å². The average molecular weight is 221 g/mol. The van der Waals surface area contributed by atoms with E-state index in [1.54, 1.807) is 6.92 Å². The molecule has 1 nitrogen and oxygen atoms in total. The third-order valence-electron chi connectivity index (χ3n) is 1.64. The van der Waals surface area contributed by atoms with Crippen molar-refractivity contribution in [3.8, 4) is 0 Å². The number of Topliss-reactive ketones (excluding diaryl/α,β-unsaturated/α-hetero) is 1. The molecule has 0 N–H and O–H groups in total. The molecule has 0 saturated carbocycles. The van der Waals surface area contributed by atoms with Crippen molar-refractivity contribution < 1.29 is 9.18 Å². The van der Waals surface area contributed by atoms with Crippen LogP contribution in [0.15, 0.2) is 12.1 Å². The van der Waals surface area contributed by atoms with E-state index in [9.17, 15) is 9.18 Å². The molecule has 0 bridgehead atoms. The summed E-state index contributed by atoms with van der Waals surface area (Å²) in [5, 5.41) is 0.0231. The molecule has 70 valence electrons. The second-order valence-electron chi connectivity index (χ2n) is 2.49. The zero-order chi connectivity index (χ0) is 10.0. The summed E-state index contributed by atoms with van der Waals surface area (Å²) in [5.74, 6) is -1.08. The van der Waals surface area contributed by atoms with E-state index in [-0.39, 0.29) is 27.8 Å². The van der Waals surface area contributed by atoms with Crippen LogP contribution in [0.1, 0.15) is 23.7 Å². The highest BCUT2D eigenvalue weighted by atomic mass is 35.5. The van der Waals surface area contributed by atoms with Gasteiger partial charge in [0.15, 0.2) is 11.6 Å². The van der Waals surface area contributed by atoms with E-state index in [1.165, 1.54) is 12.1 Å². The monoisotopic (exact) mass is 220 g/mol. The van der Waals surface area contributed by atoms with Gasteiger partial charge >= 0.3 is 0 Å². The van der Waals surface area contributed by atoms with Crippen LogP contribution in [0.25, 0.3) is 0 Å². The fraction of sp³-hybridized carbons (Fsp3) is 0.222. The molecule has 0 spiro atoms. The maximum atomic E-state index is 13.3. The maximum absolute atomic E-state index is 13.3. The Bertz CT molecular complexity index is 350. The molecule has 0 radical (unpaired) electrons. The second-order valence-corrected chi connectivity index (χ2v) is 3.31. The van der Waals surface area contributed by atoms with Gasteiger partial charge in [0.2, 0.25) is 0 Å². The molecular formula is C9H7Cl2FO. The molecule has 0 saturated heterocycles. The number of halogens is 3. The van der Waals surface area contributed by atoms with Crippen LogP contribution in [0.2, 0.25) is 10.0 Å². The Morgan fingerprint density at radius 1 is 1.38 bits per heavy atom. The predicted molar refractivity (Wildman–Crippen MR) is 51.0 cm³/mol. The van der Waals surface area contributed by atoms with E-state index in [4.69, 9.17) is 23.2 Å². The molecule has 1 aromatic rings. The summed E-state index contributed by atoms with van der Waals surface area (Å²) in [5.41, 5.74) is -0.114. The Morgan fingerprint density at radius 2 is 1.92 bits per heavy atom. The number of ketones is 1. The lowest BCUT2D eigenvalue weighted by atomic mass is 10.1. The summed E-state index contributed by atoms with van der Waals surface area (Å²) in [6.45, 7) is 1.64. The number of carbonyl (C=O) groups excluding carboxylic acids is 1. The smallest absolute Gasteiger partial charge is 0.167 e. The van der Waals surface area contributed by atoms with E-state index in [0.717, 1.165) is 0 Å². The zero-order valence-corrected chi connectivity index (χ0v) is 8.42. The fourth-order valence-corrected chi connectivity index (χ4v) is 1.37. The van der Waals surface area contributed by atoms with E-state index in [1.807, 2.05) is 0 Å². The highest BCUT2D eigenvalue weighted by Gasteiger charge is 2.16. The van der Waals surface area contributed by atoms with Gasteiger partial charge in [0.25, 0.3) is 0 Å². The molecule has 0 aromatic heterocycles. The number of hydrogen-bond donors (Lipinski definition) is 0. The van der Waals surface area contributed by atoms with Crippen molar-refractivity contribution in [1.29, 1.82) is 0 Å². The molecule has 0 heterocycles. The zero-order valence-electron chi connectivity index (χ0n) is 6.90. The van der Waals surface area contributed by atoms with Gasteiger partial charge in [-0.2, -0.15) is 0 Å². The summed E-state index contributed by atoms with van der Waals surface area (Å²) in [7, 11) is 0. The molecule has 0 fully saturated rings.